The van der Waals surface area contributed by atoms with Gasteiger partial charge < -0.3 is 14.8 Å². The smallest absolute Gasteiger partial charge is 0.342 e. The topological polar surface area (TPSA) is 81.7 Å². The van der Waals surface area contributed by atoms with Crippen LogP contribution in [0.5, 0.6) is 5.75 Å². The van der Waals surface area contributed by atoms with Gasteiger partial charge in [0.25, 0.3) is 5.91 Å². The first kappa shape index (κ1) is 20.5. The van der Waals surface area contributed by atoms with E-state index in [1.54, 1.807) is 6.07 Å². The zero-order valence-electron chi connectivity index (χ0n) is 15.0. The van der Waals surface area contributed by atoms with Crippen molar-refractivity contribution in [1.82, 2.24) is 5.32 Å². The van der Waals surface area contributed by atoms with Gasteiger partial charge in [0.1, 0.15) is 11.3 Å². The Morgan fingerprint density at radius 2 is 1.81 bits per heavy atom. The lowest BCUT2D eigenvalue weighted by Crippen LogP contribution is -2.43. The molecule has 1 N–H and O–H groups in total. The molecule has 2 aromatic carbocycles. The van der Waals surface area contributed by atoms with Gasteiger partial charge in [-0.25, -0.2) is 4.79 Å². The molecule has 0 bridgehead atoms. The van der Waals surface area contributed by atoms with E-state index in [0.29, 0.717) is 11.4 Å². The van der Waals surface area contributed by atoms with Gasteiger partial charge in [-0.2, -0.15) is 0 Å². The molecular formula is C20H20ClNO5. The third-order valence-corrected chi connectivity index (χ3v) is 4.06. The molecule has 0 aliphatic carbocycles. The average Bonchev–Trinajstić information content (AvgIpc) is 2.66. The number of methoxy groups -OCH3 is 1. The van der Waals surface area contributed by atoms with Crippen LogP contribution in [0, 0.1) is 0 Å². The lowest BCUT2D eigenvalue weighted by molar-refractivity contribution is -0.128. The van der Waals surface area contributed by atoms with Crippen LogP contribution < -0.4 is 10.1 Å². The van der Waals surface area contributed by atoms with E-state index in [1.165, 1.54) is 26.2 Å². The predicted molar refractivity (Wildman–Crippen MR) is 101 cm³/mol. The number of amides is 1. The number of hydrogen-bond donors (Lipinski definition) is 1. The number of esters is 1. The molecule has 0 aliphatic heterocycles. The summed E-state index contributed by atoms with van der Waals surface area (Å²) in [5.74, 6) is -1.21. The molecule has 6 nitrogen and oxygen atoms in total. The zero-order chi connectivity index (χ0) is 19.8. The highest BCUT2D eigenvalue weighted by atomic mass is 35.5. The van der Waals surface area contributed by atoms with E-state index < -0.39 is 24.5 Å². The highest BCUT2D eigenvalue weighted by Gasteiger charge is 2.20. The van der Waals surface area contributed by atoms with Gasteiger partial charge in [-0.15, -0.1) is 0 Å². The maximum absolute atomic E-state index is 12.2. The quantitative estimate of drug-likeness (QED) is 0.702. The number of nitrogens with one attached hydrogen (secondary N) is 1. The third-order valence-electron chi connectivity index (χ3n) is 3.82. The minimum absolute atomic E-state index is 0.116. The summed E-state index contributed by atoms with van der Waals surface area (Å²) in [6.07, 6.45) is 0.359. The second-order valence-electron chi connectivity index (χ2n) is 5.84. The molecule has 0 saturated carbocycles. The normalized spacial score (nSPS) is 11.4. The Morgan fingerprint density at radius 1 is 1.11 bits per heavy atom. The molecule has 0 aliphatic rings. The van der Waals surface area contributed by atoms with Crippen LogP contribution in [0.25, 0.3) is 0 Å². The van der Waals surface area contributed by atoms with Crippen LogP contribution >= 0.6 is 11.6 Å². The molecule has 0 heterocycles. The zero-order valence-corrected chi connectivity index (χ0v) is 15.8. The van der Waals surface area contributed by atoms with Gasteiger partial charge >= 0.3 is 5.97 Å². The summed E-state index contributed by atoms with van der Waals surface area (Å²) >= 11 is 5.88. The second-order valence-corrected chi connectivity index (χ2v) is 6.28. The summed E-state index contributed by atoms with van der Waals surface area (Å²) in [5.41, 5.74) is 1.03. The first-order chi connectivity index (χ1) is 12.9. The summed E-state index contributed by atoms with van der Waals surface area (Å²) < 4.78 is 10.1. The van der Waals surface area contributed by atoms with Crippen molar-refractivity contribution in [2.24, 2.45) is 0 Å². The fraction of sp³-hybridized carbons (Fsp3) is 0.250. The number of rotatable bonds is 8. The second kappa shape index (κ2) is 9.73. The molecule has 2 aromatic rings. The third kappa shape index (κ3) is 6.11. The van der Waals surface area contributed by atoms with Crippen molar-refractivity contribution in [2.75, 3.05) is 13.7 Å². The molecule has 2 rings (SSSR count). The Labute approximate surface area is 162 Å². The molecule has 7 heteroatoms. The number of benzene rings is 2. The summed E-state index contributed by atoms with van der Waals surface area (Å²) in [4.78, 5) is 36.1. The van der Waals surface area contributed by atoms with Crippen molar-refractivity contribution in [3.05, 3.63) is 64.7 Å². The highest BCUT2D eigenvalue weighted by Crippen LogP contribution is 2.23. The average molecular weight is 390 g/mol. The van der Waals surface area contributed by atoms with Crippen LogP contribution in [-0.4, -0.2) is 37.4 Å². The van der Waals surface area contributed by atoms with E-state index in [-0.39, 0.29) is 17.1 Å². The first-order valence-electron chi connectivity index (χ1n) is 8.25. The number of hydrogen-bond acceptors (Lipinski definition) is 5. The number of ketones is 1. The van der Waals surface area contributed by atoms with E-state index in [9.17, 15) is 14.4 Å². The molecule has 1 amide bonds. The van der Waals surface area contributed by atoms with Crippen molar-refractivity contribution in [1.29, 1.82) is 0 Å². The lowest BCUT2D eigenvalue weighted by Gasteiger charge is -2.16. The number of ether oxygens (including phenoxy) is 2. The van der Waals surface area contributed by atoms with Gasteiger partial charge in [0, 0.05) is 5.02 Å². The Hall–Kier alpha value is -2.86. The molecular weight excluding hydrogens is 370 g/mol. The number of carbonyl (C=O) groups is 3. The van der Waals surface area contributed by atoms with E-state index in [2.05, 4.69) is 5.32 Å². The van der Waals surface area contributed by atoms with E-state index in [1.807, 2.05) is 30.3 Å². The van der Waals surface area contributed by atoms with Gasteiger partial charge in [0.2, 0.25) is 0 Å². The Balaban J connectivity index is 1.95. The van der Waals surface area contributed by atoms with Crippen LogP contribution in [0.15, 0.2) is 48.5 Å². The number of Topliss-reactive ketones (excluding diaryl/α,β-unsaturated/α-hetero) is 1. The van der Waals surface area contributed by atoms with Crippen molar-refractivity contribution in [3.8, 4) is 5.75 Å². The SMILES string of the molecule is COc1ccc(Cl)cc1C(=O)OCC(=O)N[C@H](Cc1ccccc1)C(C)=O. The van der Waals surface area contributed by atoms with Gasteiger partial charge in [0.05, 0.1) is 13.2 Å². The fourth-order valence-electron chi connectivity index (χ4n) is 2.43. The van der Waals surface area contributed by atoms with Crippen molar-refractivity contribution in [2.45, 2.75) is 19.4 Å². The number of carbonyl (C=O) groups excluding carboxylic acids is 3. The van der Waals surface area contributed by atoms with Crippen molar-refractivity contribution in [3.63, 3.8) is 0 Å². The minimum Gasteiger partial charge on any atom is -0.496 e. The van der Waals surface area contributed by atoms with E-state index in [0.717, 1.165) is 5.56 Å². The molecule has 1 atom stereocenters. The largest absolute Gasteiger partial charge is 0.496 e. The maximum atomic E-state index is 12.2. The predicted octanol–water partition coefficient (Wildman–Crippen LogP) is 2.82. The van der Waals surface area contributed by atoms with Crippen LogP contribution in [0.3, 0.4) is 0 Å². The number of halogens is 1. The fourth-order valence-corrected chi connectivity index (χ4v) is 2.60. The van der Waals surface area contributed by atoms with Crippen LogP contribution in [0.2, 0.25) is 5.02 Å². The Bertz CT molecular complexity index is 822. The molecule has 0 fully saturated rings. The summed E-state index contributed by atoms with van der Waals surface area (Å²) in [6, 6.07) is 13.1. The van der Waals surface area contributed by atoms with Crippen LogP contribution in [0.1, 0.15) is 22.8 Å². The van der Waals surface area contributed by atoms with Crippen LogP contribution in [-0.2, 0) is 20.7 Å². The minimum atomic E-state index is -0.744. The lowest BCUT2D eigenvalue weighted by atomic mass is 10.0. The van der Waals surface area contributed by atoms with Crippen molar-refractivity contribution >= 4 is 29.3 Å². The molecule has 0 radical (unpaired) electrons. The highest BCUT2D eigenvalue weighted by molar-refractivity contribution is 6.31. The van der Waals surface area contributed by atoms with E-state index >= 15 is 0 Å². The van der Waals surface area contributed by atoms with Crippen LogP contribution in [0.4, 0.5) is 0 Å². The summed E-state index contributed by atoms with van der Waals surface area (Å²) in [6.45, 7) is 0.879. The van der Waals surface area contributed by atoms with Crippen molar-refractivity contribution < 1.29 is 23.9 Å². The Morgan fingerprint density at radius 3 is 2.44 bits per heavy atom. The standard InChI is InChI=1S/C20H20ClNO5/c1-13(23)17(10-14-6-4-3-5-7-14)22-19(24)12-27-20(25)16-11-15(21)8-9-18(16)26-2/h3-9,11,17H,10,12H2,1-2H3,(H,22,24)/t17-/m1/s1. The first-order valence-corrected chi connectivity index (χ1v) is 8.63. The monoisotopic (exact) mass is 389 g/mol. The Kier molecular flexibility index (Phi) is 7.37. The van der Waals surface area contributed by atoms with Gasteiger partial charge in [-0.1, -0.05) is 41.9 Å². The molecule has 0 spiro atoms. The van der Waals surface area contributed by atoms with E-state index in [4.69, 9.17) is 21.1 Å². The molecule has 0 unspecified atom stereocenters. The molecule has 27 heavy (non-hydrogen) atoms. The van der Waals surface area contributed by atoms with Gasteiger partial charge in [-0.05, 0) is 37.1 Å². The summed E-state index contributed by atoms with van der Waals surface area (Å²) in [7, 11) is 1.41. The molecule has 142 valence electrons. The van der Waals surface area contributed by atoms with Gasteiger partial charge in [0.15, 0.2) is 12.4 Å². The van der Waals surface area contributed by atoms with Gasteiger partial charge in [-0.3, -0.25) is 9.59 Å². The molecule has 0 aromatic heterocycles. The summed E-state index contributed by atoms with van der Waals surface area (Å²) in [5, 5.41) is 2.93. The molecule has 0 saturated heterocycles. The maximum Gasteiger partial charge on any atom is 0.342 e.